The first-order valence-electron chi connectivity index (χ1n) is 12.4. The third kappa shape index (κ3) is 2.55. The van der Waals surface area contributed by atoms with E-state index in [1.165, 1.54) is 10.5 Å². The number of carbonyl (C=O) groups excluding carboxylic acids is 2. The number of ether oxygens (including phenoxy) is 1. The molecule has 0 spiro atoms. The molecule has 2 bridgehead atoms. The van der Waals surface area contributed by atoms with E-state index in [0.717, 1.165) is 28.7 Å². The van der Waals surface area contributed by atoms with Gasteiger partial charge >= 0.3 is 0 Å². The van der Waals surface area contributed by atoms with Crippen molar-refractivity contribution in [3.8, 4) is 0 Å². The van der Waals surface area contributed by atoms with E-state index < -0.39 is 17.3 Å². The third-order valence-electron chi connectivity index (χ3n) is 9.00. The molecule has 35 heavy (non-hydrogen) atoms. The van der Waals surface area contributed by atoms with E-state index in [2.05, 4.69) is 72.6 Å². The lowest BCUT2D eigenvalue weighted by Gasteiger charge is -2.57. The van der Waals surface area contributed by atoms with Gasteiger partial charge in [0.25, 0.3) is 0 Å². The normalized spacial score (nSPS) is 33.1. The maximum Gasteiger partial charge on any atom is 0.234 e. The second kappa shape index (κ2) is 7.36. The van der Waals surface area contributed by atoms with Crippen LogP contribution >= 0.6 is 0 Å². The summed E-state index contributed by atoms with van der Waals surface area (Å²) in [7, 11) is 3.76. The summed E-state index contributed by atoms with van der Waals surface area (Å²) in [5.41, 5.74) is 5.12. The van der Waals surface area contributed by atoms with Gasteiger partial charge in [0.15, 0.2) is 0 Å². The molecule has 3 aliphatic carbocycles. The first-order chi connectivity index (χ1) is 17.0. The molecule has 5 nitrogen and oxygen atoms in total. The smallest absolute Gasteiger partial charge is 0.234 e. The zero-order valence-electron chi connectivity index (χ0n) is 19.9. The number of carbonyl (C=O) groups is 2. The van der Waals surface area contributed by atoms with Crippen molar-refractivity contribution in [3.63, 3.8) is 0 Å². The maximum atomic E-state index is 13.8. The quantitative estimate of drug-likeness (QED) is 0.557. The summed E-state index contributed by atoms with van der Waals surface area (Å²) < 4.78 is 6.69. The average molecular weight is 465 g/mol. The van der Waals surface area contributed by atoms with E-state index in [4.69, 9.17) is 4.74 Å². The van der Waals surface area contributed by atoms with Crippen LogP contribution in [0.2, 0.25) is 0 Å². The van der Waals surface area contributed by atoms with Gasteiger partial charge in [-0.05, 0) is 41.3 Å². The summed E-state index contributed by atoms with van der Waals surface area (Å²) >= 11 is 0. The summed E-state index contributed by atoms with van der Waals surface area (Å²) in [6, 6.07) is 27.5. The SMILES string of the molecule is CN1C(=O)[C@@H]2C3c4ccccc4C([C@H]4OC[C@H](Cc5ccccc5)N4C)(c4ccccc43)[C@@H]2C1=O. The van der Waals surface area contributed by atoms with Gasteiger partial charge in [0, 0.05) is 19.0 Å². The lowest BCUT2D eigenvalue weighted by molar-refractivity contribution is -0.139. The Bertz CT molecular complexity index is 1300. The number of likely N-dealkylation sites (tertiary alicyclic amines) is 1. The standard InChI is InChI=1S/C30H28N2O3/c1-31-19(16-18-10-4-3-5-11-18)17-35-29(31)30-22-14-8-6-12-20(22)24(21-13-7-9-15-23(21)30)25-26(30)28(34)32(2)27(25)33/h3-15,19,24-26,29H,16-17H2,1-2H3/t19-,24?,25+,26-,29+,30?/m0/s1. The van der Waals surface area contributed by atoms with Crippen LogP contribution in [0.25, 0.3) is 0 Å². The molecule has 2 heterocycles. The number of hydrogen-bond donors (Lipinski definition) is 0. The van der Waals surface area contributed by atoms with Crippen LogP contribution in [0.3, 0.4) is 0 Å². The second-order valence-corrected chi connectivity index (χ2v) is 10.5. The second-order valence-electron chi connectivity index (χ2n) is 10.5. The predicted octanol–water partition coefficient (Wildman–Crippen LogP) is 3.56. The Hall–Kier alpha value is -3.28. The molecular formula is C30H28N2O3. The van der Waals surface area contributed by atoms with Crippen LogP contribution in [-0.2, 0) is 26.2 Å². The minimum absolute atomic E-state index is 0.0696. The summed E-state index contributed by atoms with van der Waals surface area (Å²) in [4.78, 5) is 31.1. The molecule has 2 saturated heterocycles. The van der Waals surface area contributed by atoms with E-state index in [-0.39, 0.29) is 30.0 Å². The molecule has 3 aromatic carbocycles. The van der Waals surface area contributed by atoms with E-state index in [1.54, 1.807) is 7.05 Å². The van der Waals surface area contributed by atoms with Gasteiger partial charge < -0.3 is 4.74 Å². The first kappa shape index (κ1) is 21.0. The summed E-state index contributed by atoms with van der Waals surface area (Å²) in [5.74, 6) is -1.14. The molecule has 2 aliphatic heterocycles. The maximum absolute atomic E-state index is 13.8. The molecule has 0 unspecified atom stereocenters. The minimum Gasteiger partial charge on any atom is -0.360 e. The van der Waals surface area contributed by atoms with Crippen molar-refractivity contribution in [1.82, 2.24) is 9.80 Å². The highest BCUT2D eigenvalue weighted by Gasteiger charge is 2.71. The molecular weight excluding hydrogens is 436 g/mol. The first-order valence-corrected chi connectivity index (χ1v) is 12.4. The zero-order chi connectivity index (χ0) is 23.9. The van der Waals surface area contributed by atoms with Gasteiger partial charge in [0.05, 0.1) is 23.9 Å². The van der Waals surface area contributed by atoms with Gasteiger partial charge in [-0.1, -0.05) is 78.9 Å². The van der Waals surface area contributed by atoms with Crippen LogP contribution in [0.15, 0.2) is 78.9 Å². The minimum atomic E-state index is -0.746. The third-order valence-corrected chi connectivity index (χ3v) is 9.00. The van der Waals surface area contributed by atoms with Gasteiger partial charge in [-0.3, -0.25) is 19.4 Å². The summed E-state index contributed by atoms with van der Waals surface area (Å²) in [6.45, 7) is 0.584. The van der Waals surface area contributed by atoms with E-state index in [9.17, 15) is 9.59 Å². The van der Waals surface area contributed by atoms with Crippen LogP contribution < -0.4 is 0 Å². The van der Waals surface area contributed by atoms with Gasteiger partial charge in [-0.2, -0.15) is 0 Å². The molecule has 2 fully saturated rings. The van der Waals surface area contributed by atoms with Crippen molar-refractivity contribution < 1.29 is 14.3 Å². The van der Waals surface area contributed by atoms with E-state index in [1.807, 2.05) is 18.2 Å². The Morgan fingerprint density at radius 1 is 0.829 bits per heavy atom. The lowest BCUT2D eigenvalue weighted by atomic mass is 9.46. The number of likely N-dealkylation sites (N-methyl/N-ethyl adjacent to an activating group) is 1. The van der Waals surface area contributed by atoms with Crippen LogP contribution in [0.1, 0.15) is 33.7 Å². The number of amides is 2. The van der Waals surface area contributed by atoms with Gasteiger partial charge in [0.2, 0.25) is 11.8 Å². The summed E-state index contributed by atoms with van der Waals surface area (Å²) in [6.07, 6.45) is 0.520. The molecule has 8 rings (SSSR count). The van der Waals surface area contributed by atoms with Crippen molar-refractivity contribution >= 4 is 11.8 Å². The van der Waals surface area contributed by atoms with Crippen LogP contribution in [0.4, 0.5) is 0 Å². The molecule has 5 aliphatic rings. The van der Waals surface area contributed by atoms with Crippen molar-refractivity contribution in [1.29, 1.82) is 0 Å². The topological polar surface area (TPSA) is 49.9 Å². The average Bonchev–Trinajstić information content (AvgIpc) is 3.37. The monoisotopic (exact) mass is 464 g/mol. The fourth-order valence-electron chi connectivity index (χ4n) is 7.56. The molecule has 0 saturated carbocycles. The van der Waals surface area contributed by atoms with Crippen LogP contribution in [0.5, 0.6) is 0 Å². The molecule has 176 valence electrons. The lowest BCUT2D eigenvalue weighted by Crippen LogP contribution is -2.62. The molecule has 4 atom stereocenters. The van der Waals surface area contributed by atoms with Gasteiger partial charge in [-0.25, -0.2) is 0 Å². The van der Waals surface area contributed by atoms with Crippen molar-refractivity contribution in [3.05, 3.63) is 107 Å². The van der Waals surface area contributed by atoms with Crippen LogP contribution in [0, 0.1) is 11.8 Å². The van der Waals surface area contributed by atoms with Crippen molar-refractivity contribution in [2.45, 2.75) is 30.0 Å². The van der Waals surface area contributed by atoms with Gasteiger partial charge in [-0.15, -0.1) is 0 Å². The van der Waals surface area contributed by atoms with Gasteiger partial charge in [0.1, 0.15) is 6.23 Å². The Labute approximate surface area is 205 Å². The zero-order valence-corrected chi connectivity index (χ0v) is 19.9. The number of benzene rings is 3. The number of imide groups is 1. The Balaban J connectivity index is 1.45. The van der Waals surface area contributed by atoms with E-state index in [0.29, 0.717) is 6.61 Å². The number of hydrogen-bond acceptors (Lipinski definition) is 4. The molecule has 3 aromatic rings. The highest BCUT2D eigenvalue weighted by molar-refractivity contribution is 6.08. The number of nitrogens with zero attached hydrogens (tertiary/aromatic N) is 2. The summed E-state index contributed by atoms with van der Waals surface area (Å²) in [5, 5.41) is 0. The van der Waals surface area contributed by atoms with Crippen LogP contribution in [-0.4, -0.2) is 54.6 Å². The molecule has 5 heteroatoms. The Morgan fingerprint density at radius 2 is 1.43 bits per heavy atom. The van der Waals surface area contributed by atoms with Crippen molar-refractivity contribution in [2.75, 3.05) is 20.7 Å². The van der Waals surface area contributed by atoms with E-state index >= 15 is 0 Å². The largest absolute Gasteiger partial charge is 0.360 e. The fourth-order valence-corrected chi connectivity index (χ4v) is 7.56. The highest BCUT2D eigenvalue weighted by Crippen LogP contribution is 2.66. The molecule has 0 radical (unpaired) electrons. The Morgan fingerprint density at radius 3 is 2.09 bits per heavy atom. The Kier molecular flexibility index (Phi) is 4.42. The molecule has 0 aromatic heterocycles. The van der Waals surface area contributed by atoms with Crippen molar-refractivity contribution in [2.24, 2.45) is 11.8 Å². The molecule has 2 amide bonds. The number of rotatable bonds is 3. The predicted molar refractivity (Wildman–Crippen MR) is 132 cm³/mol. The molecule has 0 N–H and O–H groups in total. The highest BCUT2D eigenvalue weighted by atomic mass is 16.5. The fraction of sp³-hybridized carbons (Fsp3) is 0.333.